The van der Waals surface area contributed by atoms with Crippen LogP contribution in [0.1, 0.15) is 31.0 Å². The van der Waals surface area contributed by atoms with E-state index in [9.17, 15) is 14.7 Å². The Morgan fingerprint density at radius 2 is 2.06 bits per heavy atom. The topological polar surface area (TPSA) is 99.4 Å². The van der Waals surface area contributed by atoms with E-state index in [0.29, 0.717) is 32.6 Å². The average Bonchev–Trinajstić information content (AvgIpc) is 3.40. The van der Waals surface area contributed by atoms with Crippen molar-refractivity contribution in [3.05, 3.63) is 82.5 Å². The highest BCUT2D eigenvalue weighted by molar-refractivity contribution is 7.07. The fourth-order valence-corrected chi connectivity index (χ4v) is 5.57. The maximum atomic E-state index is 13.7. The Labute approximate surface area is 212 Å². The summed E-state index contributed by atoms with van der Waals surface area (Å²) in [7, 11) is 0. The van der Waals surface area contributed by atoms with Crippen molar-refractivity contribution in [3.63, 3.8) is 0 Å². The van der Waals surface area contributed by atoms with Crippen LogP contribution in [-0.4, -0.2) is 29.0 Å². The lowest BCUT2D eigenvalue weighted by molar-refractivity contribution is -0.139. The zero-order valence-electron chi connectivity index (χ0n) is 18.5. The predicted molar refractivity (Wildman–Crippen MR) is 131 cm³/mol. The molecular formula is C24H18Cl2N2O6S. The third-order valence-corrected chi connectivity index (χ3v) is 7.06. The molecule has 0 bridgehead atoms. The number of phenols is 1. The number of allylic oxidation sites excluding steroid dienone is 1. The van der Waals surface area contributed by atoms with E-state index in [1.54, 1.807) is 32.0 Å². The van der Waals surface area contributed by atoms with Crippen LogP contribution in [0.3, 0.4) is 0 Å². The van der Waals surface area contributed by atoms with Crippen LogP contribution >= 0.6 is 34.5 Å². The Morgan fingerprint density at radius 1 is 1.29 bits per heavy atom. The number of nitrogens with zero attached hydrogens (tertiary/aromatic N) is 2. The molecule has 0 spiro atoms. The van der Waals surface area contributed by atoms with Crippen LogP contribution in [0.5, 0.6) is 17.2 Å². The van der Waals surface area contributed by atoms with Crippen LogP contribution < -0.4 is 24.4 Å². The van der Waals surface area contributed by atoms with Crippen molar-refractivity contribution in [2.75, 3.05) is 13.4 Å². The fourth-order valence-electron chi connectivity index (χ4n) is 4.03. The molecule has 0 amide bonds. The molecule has 1 aromatic heterocycles. The molecule has 0 unspecified atom stereocenters. The minimum atomic E-state index is -0.807. The van der Waals surface area contributed by atoms with Crippen molar-refractivity contribution in [1.82, 2.24) is 4.57 Å². The number of fused-ring (bicyclic) bond motifs is 2. The summed E-state index contributed by atoms with van der Waals surface area (Å²) >= 11 is 13.3. The van der Waals surface area contributed by atoms with Gasteiger partial charge in [-0.1, -0.05) is 40.6 Å². The van der Waals surface area contributed by atoms with Crippen LogP contribution in [0.4, 0.5) is 0 Å². The lowest BCUT2D eigenvalue weighted by atomic mass is 9.95. The highest BCUT2D eigenvalue weighted by Gasteiger charge is 2.34. The molecule has 8 nitrogen and oxygen atoms in total. The Bertz CT molecular complexity index is 1590. The first-order valence-corrected chi connectivity index (χ1v) is 12.1. The van der Waals surface area contributed by atoms with Crippen LogP contribution in [0.2, 0.25) is 10.0 Å². The van der Waals surface area contributed by atoms with Crippen LogP contribution in [0.15, 0.2) is 51.4 Å². The first kappa shape index (κ1) is 23.5. The van der Waals surface area contributed by atoms with E-state index < -0.39 is 17.6 Å². The summed E-state index contributed by atoms with van der Waals surface area (Å²) in [6, 6.07) is 7.36. The second-order valence-corrected chi connectivity index (χ2v) is 9.59. The number of hydrogen-bond acceptors (Lipinski definition) is 8. The average molecular weight is 533 g/mol. The molecule has 0 radical (unpaired) electrons. The van der Waals surface area contributed by atoms with Gasteiger partial charge in [-0.3, -0.25) is 9.36 Å². The largest absolute Gasteiger partial charge is 0.506 e. The van der Waals surface area contributed by atoms with Gasteiger partial charge in [-0.15, -0.1) is 0 Å². The third-order valence-electron chi connectivity index (χ3n) is 5.57. The summed E-state index contributed by atoms with van der Waals surface area (Å²) in [4.78, 5) is 31.6. The fraction of sp³-hybridized carbons (Fsp3) is 0.208. The Morgan fingerprint density at radius 3 is 2.83 bits per heavy atom. The summed E-state index contributed by atoms with van der Waals surface area (Å²) < 4.78 is 17.9. The summed E-state index contributed by atoms with van der Waals surface area (Å²) in [5, 5.41) is 10.7. The summed E-state index contributed by atoms with van der Waals surface area (Å²) in [5.41, 5.74) is 1.20. The number of ether oxygens (including phenoxy) is 3. The molecule has 0 saturated heterocycles. The monoisotopic (exact) mass is 532 g/mol. The number of carbonyl (C=O) groups excluding carboxylic acids is 1. The number of aromatic nitrogens is 1. The van der Waals surface area contributed by atoms with E-state index in [1.165, 1.54) is 22.8 Å². The van der Waals surface area contributed by atoms with Gasteiger partial charge in [0.15, 0.2) is 16.3 Å². The van der Waals surface area contributed by atoms with E-state index in [-0.39, 0.29) is 39.8 Å². The molecule has 11 heteroatoms. The second kappa shape index (κ2) is 9.07. The molecule has 180 valence electrons. The van der Waals surface area contributed by atoms with Gasteiger partial charge in [0.25, 0.3) is 5.56 Å². The van der Waals surface area contributed by atoms with E-state index in [1.807, 2.05) is 0 Å². The van der Waals surface area contributed by atoms with Gasteiger partial charge in [-0.2, -0.15) is 0 Å². The number of halogens is 2. The van der Waals surface area contributed by atoms with E-state index in [0.717, 1.165) is 11.3 Å². The summed E-state index contributed by atoms with van der Waals surface area (Å²) in [5.74, 6) is 0.330. The quantitative estimate of drug-likeness (QED) is 0.516. The van der Waals surface area contributed by atoms with Crippen molar-refractivity contribution in [2.24, 2.45) is 4.99 Å². The van der Waals surface area contributed by atoms with Crippen molar-refractivity contribution in [1.29, 1.82) is 0 Å². The molecule has 1 N–H and O–H groups in total. The van der Waals surface area contributed by atoms with Crippen molar-refractivity contribution in [2.45, 2.75) is 19.9 Å². The van der Waals surface area contributed by atoms with Gasteiger partial charge in [-0.05, 0) is 49.8 Å². The number of phenolic OH excluding ortho intramolecular Hbond substituents is 1. The summed E-state index contributed by atoms with van der Waals surface area (Å²) in [6.07, 6.45) is 1.50. The van der Waals surface area contributed by atoms with Crippen LogP contribution in [0.25, 0.3) is 6.08 Å². The zero-order chi connectivity index (χ0) is 24.9. The molecule has 1 atom stereocenters. The first-order valence-electron chi connectivity index (χ1n) is 10.6. The number of carbonyl (C=O) groups is 1. The maximum Gasteiger partial charge on any atom is 0.338 e. The number of rotatable bonds is 4. The van der Waals surface area contributed by atoms with Gasteiger partial charge in [0.1, 0.15) is 5.75 Å². The lowest BCUT2D eigenvalue weighted by Gasteiger charge is -2.24. The summed E-state index contributed by atoms with van der Waals surface area (Å²) in [6.45, 7) is 3.67. The molecule has 0 aliphatic carbocycles. The molecule has 2 aromatic carbocycles. The normalized spacial score (nSPS) is 16.8. The van der Waals surface area contributed by atoms with Crippen molar-refractivity contribution < 1.29 is 24.1 Å². The molecule has 3 heterocycles. The van der Waals surface area contributed by atoms with Gasteiger partial charge < -0.3 is 19.3 Å². The first-order chi connectivity index (χ1) is 16.8. The Hall–Kier alpha value is -3.27. The number of hydrogen-bond donors (Lipinski definition) is 1. The zero-order valence-corrected chi connectivity index (χ0v) is 20.8. The standard InChI is InChI=1S/C24H18Cl2N2O6S/c1-3-32-23(31)19-11(2)27-24-28(20(19)12-4-5-16-17(7-12)34-10-33-16)22(30)18(35-24)8-13-6-14(25)9-15(26)21(13)29/h4-9,20,29H,3,10H2,1-2H3/b18-8-/t20-/m0/s1. The second-order valence-electron chi connectivity index (χ2n) is 7.74. The highest BCUT2D eigenvalue weighted by Crippen LogP contribution is 2.38. The van der Waals surface area contributed by atoms with Gasteiger partial charge in [0, 0.05) is 10.6 Å². The number of benzene rings is 2. The number of aromatic hydroxyl groups is 1. The minimum Gasteiger partial charge on any atom is -0.506 e. The van der Waals surface area contributed by atoms with E-state index in [2.05, 4.69) is 4.99 Å². The molecule has 3 aromatic rings. The molecule has 35 heavy (non-hydrogen) atoms. The van der Waals surface area contributed by atoms with Crippen molar-refractivity contribution in [3.8, 4) is 17.2 Å². The van der Waals surface area contributed by atoms with Crippen LogP contribution in [-0.2, 0) is 9.53 Å². The Kier molecular flexibility index (Phi) is 6.08. The maximum absolute atomic E-state index is 13.7. The van der Waals surface area contributed by atoms with E-state index in [4.69, 9.17) is 37.4 Å². The smallest absolute Gasteiger partial charge is 0.338 e. The number of esters is 1. The molecule has 0 saturated carbocycles. The third kappa shape index (κ3) is 4.09. The van der Waals surface area contributed by atoms with Gasteiger partial charge in [0.05, 0.1) is 33.5 Å². The molecule has 2 aliphatic rings. The molecule has 0 fully saturated rings. The predicted octanol–water partition coefficient (Wildman–Crippen LogP) is 3.54. The minimum absolute atomic E-state index is 0.0650. The molecule has 5 rings (SSSR count). The highest BCUT2D eigenvalue weighted by atomic mass is 35.5. The van der Waals surface area contributed by atoms with Crippen molar-refractivity contribution >= 4 is 46.6 Å². The van der Waals surface area contributed by atoms with Gasteiger partial charge >= 0.3 is 5.97 Å². The lowest BCUT2D eigenvalue weighted by Crippen LogP contribution is -2.39. The SMILES string of the molecule is CCOC(=O)C1=C(C)N=c2s/c(=C\c3cc(Cl)cc(Cl)c3O)c(=O)n2[C@H]1c1ccc2c(c1)OCO2. The molecule has 2 aliphatic heterocycles. The van der Waals surface area contributed by atoms with Gasteiger partial charge in [0.2, 0.25) is 6.79 Å². The number of thiazole rings is 1. The van der Waals surface area contributed by atoms with Crippen LogP contribution in [0, 0.1) is 0 Å². The Balaban J connectivity index is 1.75. The molecular weight excluding hydrogens is 515 g/mol. The van der Waals surface area contributed by atoms with Gasteiger partial charge in [-0.25, -0.2) is 9.79 Å². The van der Waals surface area contributed by atoms with E-state index >= 15 is 0 Å².